The smallest absolute Gasteiger partial charge is 0.243 e. The Balaban J connectivity index is 2.03. The van der Waals surface area contributed by atoms with Gasteiger partial charge in [0.25, 0.3) is 0 Å². The fraction of sp³-hybridized carbons (Fsp3) is 0.267. The van der Waals surface area contributed by atoms with Gasteiger partial charge in [-0.25, -0.2) is 0 Å². The Hall–Kier alpha value is -1.52. The molecule has 0 aliphatic carbocycles. The van der Waals surface area contributed by atoms with E-state index < -0.39 is 0 Å². The standard InChI is InChI=1S/C15H15ClN2OS/c1-10(2)11-5-3-4-6-13(11)19-14-12(9-16)18-7-8-20-15(18)17-14/h3-8,10H,9H2,1-2H3. The summed E-state index contributed by atoms with van der Waals surface area (Å²) in [5.74, 6) is 2.21. The largest absolute Gasteiger partial charge is 0.437 e. The van der Waals surface area contributed by atoms with Gasteiger partial charge in [0, 0.05) is 11.6 Å². The summed E-state index contributed by atoms with van der Waals surface area (Å²) in [6, 6.07) is 8.05. The maximum Gasteiger partial charge on any atom is 0.243 e. The molecule has 0 N–H and O–H groups in total. The number of alkyl halides is 1. The van der Waals surface area contributed by atoms with E-state index in [2.05, 4.69) is 24.9 Å². The Morgan fingerprint density at radius 2 is 2.15 bits per heavy atom. The van der Waals surface area contributed by atoms with Crippen molar-refractivity contribution in [3.05, 3.63) is 47.1 Å². The van der Waals surface area contributed by atoms with Gasteiger partial charge in [0.2, 0.25) is 5.88 Å². The Morgan fingerprint density at radius 1 is 1.35 bits per heavy atom. The van der Waals surface area contributed by atoms with Crippen LogP contribution in [0.5, 0.6) is 11.6 Å². The minimum atomic E-state index is 0.372. The number of ether oxygens (including phenoxy) is 1. The first-order valence-corrected chi connectivity index (χ1v) is 7.89. The summed E-state index contributed by atoms with van der Waals surface area (Å²) < 4.78 is 8.00. The van der Waals surface area contributed by atoms with Gasteiger partial charge in [0.15, 0.2) is 4.96 Å². The van der Waals surface area contributed by atoms with Gasteiger partial charge in [-0.05, 0) is 17.5 Å². The molecule has 1 aromatic carbocycles. The van der Waals surface area contributed by atoms with Crippen molar-refractivity contribution >= 4 is 27.9 Å². The molecule has 3 nitrogen and oxygen atoms in total. The van der Waals surface area contributed by atoms with Gasteiger partial charge in [0.05, 0.1) is 5.88 Å². The summed E-state index contributed by atoms with van der Waals surface area (Å²) in [5, 5.41) is 1.99. The summed E-state index contributed by atoms with van der Waals surface area (Å²) in [5.41, 5.74) is 2.06. The predicted octanol–water partition coefficient (Wildman–Crippen LogP) is 5.05. The topological polar surface area (TPSA) is 26.5 Å². The average molecular weight is 307 g/mol. The van der Waals surface area contributed by atoms with Gasteiger partial charge in [-0.2, -0.15) is 4.98 Å². The van der Waals surface area contributed by atoms with Crippen LogP contribution in [0, 0.1) is 0 Å². The number of para-hydroxylation sites is 1. The zero-order chi connectivity index (χ0) is 14.1. The molecule has 3 aromatic rings. The Kier molecular flexibility index (Phi) is 3.68. The van der Waals surface area contributed by atoms with Gasteiger partial charge >= 0.3 is 0 Å². The number of halogens is 1. The van der Waals surface area contributed by atoms with Crippen LogP contribution in [-0.2, 0) is 5.88 Å². The highest BCUT2D eigenvalue weighted by Crippen LogP contribution is 2.33. The zero-order valence-electron chi connectivity index (χ0n) is 11.3. The lowest BCUT2D eigenvalue weighted by atomic mass is 10.0. The molecule has 104 valence electrons. The lowest BCUT2D eigenvalue weighted by Gasteiger charge is -2.12. The highest BCUT2D eigenvalue weighted by atomic mass is 35.5. The van der Waals surface area contributed by atoms with Crippen LogP contribution in [0.1, 0.15) is 31.0 Å². The fourth-order valence-corrected chi connectivity index (χ4v) is 3.14. The van der Waals surface area contributed by atoms with Crippen molar-refractivity contribution in [2.45, 2.75) is 25.6 Å². The van der Waals surface area contributed by atoms with E-state index in [1.807, 2.05) is 34.2 Å². The van der Waals surface area contributed by atoms with E-state index in [0.717, 1.165) is 16.4 Å². The third-order valence-corrected chi connectivity index (χ3v) is 4.21. The monoisotopic (exact) mass is 306 g/mol. The summed E-state index contributed by atoms with van der Waals surface area (Å²) >= 11 is 7.61. The maximum absolute atomic E-state index is 6.04. The van der Waals surface area contributed by atoms with Gasteiger partial charge in [-0.1, -0.05) is 32.0 Å². The number of thiazole rings is 1. The number of imidazole rings is 1. The number of fused-ring (bicyclic) bond motifs is 1. The van der Waals surface area contributed by atoms with E-state index >= 15 is 0 Å². The number of nitrogens with zero attached hydrogens (tertiary/aromatic N) is 2. The van der Waals surface area contributed by atoms with Gasteiger partial charge < -0.3 is 4.74 Å². The molecule has 0 spiro atoms. The third-order valence-electron chi connectivity index (χ3n) is 3.20. The second kappa shape index (κ2) is 5.46. The first-order valence-electron chi connectivity index (χ1n) is 6.48. The molecule has 3 rings (SSSR count). The summed E-state index contributed by atoms with van der Waals surface area (Å²) in [6.07, 6.45) is 1.96. The van der Waals surface area contributed by atoms with Crippen LogP contribution in [-0.4, -0.2) is 9.38 Å². The summed E-state index contributed by atoms with van der Waals surface area (Å²) in [6.45, 7) is 4.30. The van der Waals surface area contributed by atoms with Gasteiger partial charge in [0.1, 0.15) is 11.4 Å². The molecule has 5 heteroatoms. The Labute approximate surface area is 126 Å². The highest BCUT2D eigenvalue weighted by molar-refractivity contribution is 7.15. The number of hydrogen-bond acceptors (Lipinski definition) is 3. The highest BCUT2D eigenvalue weighted by Gasteiger charge is 2.16. The lowest BCUT2D eigenvalue weighted by molar-refractivity contribution is 0.453. The molecule has 0 bridgehead atoms. The van der Waals surface area contributed by atoms with Crippen molar-refractivity contribution in [1.29, 1.82) is 0 Å². The first kappa shape index (κ1) is 13.5. The second-order valence-electron chi connectivity index (χ2n) is 4.85. The van der Waals surface area contributed by atoms with Crippen LogP contribution < -0.4 is 4.74 Å². The average Bonchev–Trinajstić information content (AvgIpc) is 2.99. The lowest BCUT2D eigenvalue weighted by Crippen LogP contribution is -1.96. The second-order valence-corrected chi connectivity index (χ2v) is 5.99. The van der Waals surface area contributed by atoms with E-state index in [4.69, 9.17) is 16.3 Å². The minimum absolute atomic E-state index is 0.372. The van der Waals surface area contributed by atoms with E-state index in [1.165, 1.54) is 5.56 Å². The molecule has 0 aliphatic heterocycles. The molecule has 0 saturated heterocycles. The number of aromatic nitrogens is 2. The molecule has 0 aliphatic rings. The van der Waals surface area contributed by atoms with E-state index in [9.17, 15) is 0 Å². The van der Waals surface area contributed by atoms with Crippen molar-refractivity contribution in [2.75, 3.05) is 0 Å². The van der Waals surface area contributed by atoms with Crippen LogP contribution in [0.15, 0.2) is 35.8 Å². The molecule has 20 heavy (non-hydrogen) atoms. The molecule has 0 atom stereocenters. The van der Waals surface area contributed by atoms with Gasteiger partial charge in [-0.3, -0.25) is 4.40 Å². The first-order chi connectivity index (χ1) is 9.70. The molecule has 0 radical (unpaired) electrons. The van der Waals surface area contributed by atoms with Crippen LogP contribution >= 0.6 is 22.9 Å². The van der Waals surface area contributed by atoms with Crippen molar-refractivity contribution in [1.82, 2.24) is 9.38 Å². The maximum atomic E-state index is 6.04. The van der Waals surface area contributed by atoms with Crippen molar-refractivity contribution < 1.29 is 4.74 Å². The SMILES string of the molecule is CC(C)c1ccccc1Oc1nc2sccn2c1CCl. The zero-order valence-corrected chi connectivity index (χ0v) is 12.9. The third kappa shape index (κ3) is 2.30. The van der Waals surface area contributed by atoms with E-state index in [0.29, 0.717) is 17.7 Å². The fourth-order valence-electron chi connectivity index (χ4n) is 2.17. The normalized spacial score (nSPS) is 11.4. The predicted molar refractivity (Wildman–Crippen MR) is 83.2 cm³/mol. The van der Waals surface area contributed by atoms with Crippen molar-refractivity contribution in [3.8, 4) is 11.6 Å². The number of hydrogen-bond donors (Lipinski definition) is 0. The van der Waals surface area contributed by atoms with Crippen LogP contribution in [0.2, 0.25) is 0 Å². The van der Waals surface area contributed by atoms with E-state index in [-0.39, 0.29) is 0 Å². The van der Waals surface area contributed by atoms with Crippen LogP contribution in [0.3, 0.4) is 0 Å². The molecule has 0 saturated carbocycles. The number of benzene rings is 1. The van der Waals surface area contributed by atoms with E-state index in [1.54, 1.807) is 11.3 Å². The quantitative estimate of drug-likeness (QED) is 0.630. The molecule has 0 unspecified atom stereocenters. The molecule has 0 fully saturated rings. The van der Waals surface area contributed by atoms with Gasteiger partial charge in [-0.15, -0.1) is 22.9 Å². The molecule has 2 aromatic heterocycles. The molecular weight excluding hydrogens is 292 g/mol. The molecular formula is C15H15ClN2OS. The molecule has 2 heterocycles. The van der Waals surface area contributed by atoms with Crippen LogP contribution in [0.25, 0.3) is 4.96 Å². The van der Waals surface area contributed by atoms with Crippen molar-refractivity contribution in [2.24, 2.45) is 0 Å². The van der Waals surface area contributed by atoms with Crippen molar-refractivity contribution in [3.63, 3.8) is 0 Å². The minimum Gasteiger partial charge on any atom is -0.437 e. The Morgan fingerprint density at radius 3 is 2.90 bits per heavy atom. The summed E-state index contributed by atoms with van der Waals surface area (Å²) in [7, 11) is 0. The molecule has 0 amide bonds. The summed E-state index contributed by atoms with van der Waals surface area (Å²) in [4.78, 5) is 5.41. The van der Waals surface area contributed by atoms with Crippen LogP contribution in [0.4, 0.5) is 0 Å². The Bertz CT molecular complexity index is 732. The number of rotatable bonds is 4.